The molecule has 0 spiro atoms. The van der Waals surface area contributed by atoms with Gasteiger partial charge in [0.05, 0.1) is 27.5 Å². The summed E-state index contributed by atoms with van der Waals surface area (Å²) in [6.45, 7) is 1.63. The molecule has 1 unspecified atom stereocenters. The summed E-state index contributed by atoms with van der Waals surface area (Å²) in [7, 11) is 4.53. The molecule has 1 heterocycles. The van der Waals surface area contributed by atoms with Crippen LogP contribution in [0, 0.1) is 0 Å². The Kier molecular flexibility index (Phi) is 4.28. The molecule has 0 aliphatic heterocycles. The second kappa shape index (κ2) is 5.97. The molecule has 6 heteroatoms. The summed E-state index contributed by atoms with van der Waals surface area (Å²) >= 11 is 0. The van der Waals surface area contributed by atoms with E-state index in [4.69, 9.17) is 14.2 Å². The third-order valence-corrected chi connectivity index (χ3v) is 3.21. The molecule has 0 amide bonds. The topological polar surface area (TPSA) is 73.7 Å². The first kappa shape index (κ1) is 15.1. The highest BCUT2D eigenvalue weighted by Gasteiger charge is 2.32. The summed E-state index contributed by atoms with van der Waals surface area (Å²) < 4.78 is 15.4. The molecule has 0 aliphatic carbocycles. The Morgan fingerprint density at radius 1 is 1.10 bits per heavy atom. The molecule has 0 fully saturated rings. The number of ether oxygens (including phenoxy) is 3. The van der Waals surface area contributed by atoms with Gasteiger partial charge in [-0.25, -0.2) is 4.98 Å². The third kappa shape index (κ3) is 2.90. The zero-order valence-electron chi connectivity index (χ0n) is 12.5. The van der Waals surface area contributed by atoms with Crippen molar-refractivity contribution in [2.75, 3.05) is 21.3 Å². The summed E-state index contributed by atoms with van der Waals surface area (Å²) in [5.41, 5.74) is -0.447. The number of aliphatic hydroxyl groups is 1. The van der Waals surface area contributed by atoms with E-state index >= 15 is 0 Å². The standard InChI is InChI=1S/C15H18N2O4/c1-15(18,10-6-5-7-11(8-10)19-2)13-14(21-4)17-12(20-3)9-16-13/h5-9,18H,1-4H3. The number of aromatic nitrogens is 2. The molecule has 1 aromatic carbocycles. The van der Waals surface area contributed by atoms with Crippen molar-refractivity contribution in [2.24, 2.45) is 0 Å². The molecule has 0 saturated heterocycles. The van der Waals surface area contributed by atoms with Gasteiger partial charge in [-0.2, -0.15) is 4.98 Å². The van der Waals surface area contributed by atoms with Crippen LogP contribution in [-0.4, -0.2) is 36.4 Å². The van der Waals surface area contributed by atoms with Crippen LogP contribution < -0.4 is 14.2 Å². The Morgan fingerprint density at radius 3 is 2.48 bits per heavy atom. The Labute approximate surface area is 123 Å². The molecular weight excluding hydrogens is 272 g/mol. The van der Waals surface area contributed by atoms with Crippen LogP contribution in [-0.2, 0) is 5.60 Å². The molecule has 6 nitrogen and oxygen atoms in total. The van der Waals surface area contributed by atoms with E-state index in [1.165, 1.54) is 20.4 Å². The highest BCUT2D eigenvalue weighted by molar-refractivity contribution is 5.40. The molecule has 1 atom stereocenters. The zero-order chi connectivity index (χ0) is 15.5. The Morgan fingerprint density at radius 2 is 1.86 bits per heavy atom. The van der Waals surface area contributed by atoms with Crippen molar-refractivity contribution in [2.45, 2.75) is 12.5 Å². The lowest BCUT2D eigenvalue weighted by molar-refractivity contribution is 0.0924. The fraction of sp³-hybridized carbons (Fsp3) is 0.333. The summed E-state index contributed by atoms with van der Waals surface area (Å²) in [5, 5.41) is 10.9. The van der Waals surface area contributed by atoms with E-state index in [1.807, 2.05) is 0 Å². The van der Waals surface area contributed by atoms with Crippen molar-refractivity contribution in [3.05, 3.63) is 41.7 Å². The minimum Gasteiger partial charge on any atom is -0.497 e. The predicted octanol–water partition coefficient (Wildman–Crippen LogP) is 1.76. The Balaban J connectivity index is 2.51. The van der Waals surface area contributed by atoms with Crippen LogP contribution in [0.5, 0.6) is 17.5 Å². The van der Waals surface area contributed by atoms with Crippen molar-refractivity contribution >= 4 is 0 Å². The van der Waals surface area contributed by atoms with Crippen LogP contribution in [0.25, 0.3) is 0 Å². The number of hydrogen-bond donors (Lipinski definition) is 1. The Bertz CT molecular complexity index is 629. The molecular formula is C15H18N2O4. The van der Waals surface area contributed by atoms with E-state index in [0.29, 0.717) is 22.9 Å². The quantitative estimate of drug-likeness (QED) is 0.904. The molecule has 1 N–H and O–H groups in total. The van der Waals surface area contributed by atoms with Crippen molar-refractivity contribution in [3.63, 3.8) is 0 Å². The van der Waals surface area contributed by atoms with Crippen molar-refractivity contribution in [1.29, 1.82) is 0 Å². The molecule has 112 valence electrons. The second-order valence-electron chi connectivity index (χ2n) is 4.57. The largest absolute Gasteiger partial charge is 0.497 e. The average Bonchev–Trinajstić information content (AvgIpc) is 2.54. The summed E-state index contributed by atoms with van der Waals surface area (Å²) in [5.74, 6) is 1.17. The lowest BCUT2D eigenvalue weighted by Gasteiger charge is -2.24. The van der Waals surface area contributed by atoms with Crippen LogP contribution >= 0.6 is 0 Å². The lowest BCUT2D eigenvalue weighted by atomic mass is 9.92. The molecule has 1 aromatic heterocycles. The number of methoxy groups -OCH3 is 3. The van der Waals surface area contributed by atoms with Gasteiger partial charge in [-0.1, -0.05) is 12.1 Å². The van der Waals surface area contributed by atoms with Crippen molar-refractivity contribution in [1.82, 2.24) is 9.97 Å². The van der Waals surface area contributed by atoms with Crippen LogP contribution in [0.3, 0.4) is 0 Å². The van der Waals surface area contributed by atoms with Gasteiger partial charge in [0, 0.05) is 0 Å². The highest BCUT2D eigenvalue weighted by atomic mass is 16.5. The minimum absolute atomic E-state index is 0.210. The minimum atomic E-state index is -1.38. The normalized spacial score (nSPS) is 13.4. The first-order valence-corrected chi connectivity index (χ1v) is 6.35. The summed E-state index contributed by atoms with van der Waals surface area (Å²) in [6.07, 6.45) is 1.44. The van der Waals surface area contributed by atoms with Gasteiger partial charge >= 0.3 is 0 Å². The smallest absolute Gasteiger partial charge is 0.242 e. The van der Waals surface area contributed by atoms with Gasteiger partial charge in [0.25, 0.3) is 0 Å². The molecule has 2 aromatic rings. The molecule has 2 rings (SSSR count). The van der Waals surface area contributed by atoms with Crippen LogP contribution in [0.15, 0.2) is 30.5 Å². The highest BCUT2D eigenvalue weighted by Crippen LogP contribution is 2.34. The molecule has 0 bridgehead atoms. The van der Waals surface area contributed by atoms with Gasteiger partial charge < -0.3 is 19.3 Å². The number of hydrogen-bond acceptors (Lipinski definition) is 6. The van der Waals surface area contributed by atoms with E-state index < -0.39 is 5.60 Å². The maximum Gasteiger partial charge on any atom is 0.242 e. The van der Waals surface area contributed by atoms with Crippen molar-refractivity contribution in [3.8, 4) is 17.5 Å². The molecule has 0 aliphatic rings. The van der Waals surface area contributed by atoms with Gasteiger partial charge in [-0.15, -0.1) is 0 Å². The van der Waals surface area contributed by atoms with Crippen LogP contribution in [0.2, 0.25) is 0 Å². The first-order valence-electron chi connectivity index (χ1n) is 6.35. The zero-order valence-corrected chi connectivity index (χ0v) is 12.5. The summed E-state index contributed by atoms with van der Waals surface area (Å²) in [6, 6.07) is 7.13. The van der Waals surface area contributed by atoms with Gasteiger partial charge in [0.15, 0.2) is 0 Å². The van der Waals surface area contributed by atoms with Gasteiger partial charge in [-0.3, -0.25) is 0 Å². The number of benzene rings is 1. The van der Waals surface area contributed by atoms with Gasteiger partial charge in [0.2, 0.25) is 11.8 Å². The van der Waals surface area contributed by atoms with Crippen molar-refractivity contribution < 1.29 is 19.3 Å². The first-order chi connectivity index (χ1) is 10.0. The van der Waals surface area contributed by atoms with E-state index in [1.54, 1.807) is 38.3 Å². The fourth-order valence-corrected chi connectivity index (χ4v) is 1.99. The molecule has 21 heavy (non-hydrogen) atoms. The van der Waals surface area contributed by atoms with Crippen LogP contribution in [0.4, 0.5) is 0 Å². The predicted molar refractivity (Wildman–Crippen MR) is 76.8 cm³/mol. The third-order valence-electron chi connectivity index (χ3n) is 3.21. The van der Waals surface area contributed by atoms with Gasteiger partial charge in [-0.05, 0) is 24.6 Å². The fourth-order valence-electron chi connectivity index (χ4n) is 1.99. The summed E-state index contributed by atoms with van der Waals surface area (Å²) in [4.78, 5) is 8.37. The maximum absolute atomic E-state index is 10.9. The molecule has 0 radical (unpaired) electrons. The monoisotopic (exact) mass is 290 g/mol. The second-order valence-corrected chi connectivity index (χ2v) is 4.57. The molecule has 0 saturated carbocycles. The van der Waals surface area contributed by atoms with Gasteiger partial charge in [0.1, 0.15) is 17.0 Å². The maximum atomic E-state index is 10.9. The van der Waals surface area contributed by atoms with Crippen LogP contribution in [0.1, 0.15) is 18.2 Å². The van der Waals surface area contributed by atoms with E-state index in [2.05, 4.69) is 9.97 Å². The Hall–Kier alpha value is -2.34. The van der Waals surface area contributed by atoms with E-state index in [-0.39, 0.29) is 5.88 Å². The number of rotatable bonds is 5. The van der Waals surface area contributed by atoms with E-state index in [9.17, 15) is 5.11 Å². The number of nitrogens with zero attached hydrogens (tertiary/aromatic N) is 2. The lowest BCUT2D eigenvalue weighted by Crippen LogP contribution is -2.25. The average molecular weight is 290 g/mol. The van der Waals surface area contributed by atoms with E-state index in [0.717, 1.165) is 0 Å². The SMILES string of the molecule is COc1cccc(C(C)(O)c2ncc(OC)nc2OC)c1.